The summed E-state index contributed by atoms with van der Waals surface area (Å²) in [6.07, 6.45) is 4.44. The monoisotopic (exact) mass is 336 g/mol. The summed E-state index contributed by atoms with van der Waals surface area (Å²) in [5.74, 6) is -1.14. The lowest BCUT2D eigenvalue weighted by Crippen LogP contribution is -2.14. The third-order valence-corrected chi connectivity index (χ3v) is 2.66. The van der Waals surface area contributed by atoms with Crippen LogP contribution < -0.4 is 11.1 Å². The van der Waals surface area contributed by atoms with Crippen molar-refractivity contribution < 1.29 is 14.7 Å². The Labute approximate surface area is 138 Å². The molecule has 23 heavy (non-hydrogen) atoms. The first kappa shape index (κ1) is 18.4. The van der Waals surface area contributed by atoms with Crippen LogP contribution in [0.3, 0.4) is 0 Å². The average molecular weight is 337 g/mol. The fraction of sp³-hybridized carbons (Fsp3) is 0.200. The van der Waals surface area contributed by atoms with Crippen molar-refractivity contribution >= 4 is 29.3 Å². The molecule has 0 aliphatic heterocycles. The van der Waals surface area contributed by atoms with Crippen molar-refractivity contribution in [1.29, 1.82) is 0 Å². The number of halogens is 1. The zero-order chi connectivity index (χ0) is 17.4. The van der Waals surface area contributed by atoms with Gasteiger partial charge in [-0.3, -0.25) is 9.78 Å². The number of hydrogen-bond acceptors (Lipinski definition) is 5. The molecule has 2 aromatic heterocycles. The molecule has 0 spiro atoms. The minimum absolute atomic E-state index is 0.0891. The van der Waals surface area contributed by atoms with Gasteiger partial charge in [0.25, 0.3) is 0 Å². The number of carboxylic acids is 1. The molecule has 0 aliphatic carbocycles. The third kappa shape index (κ3) is 6.31. The minimum atomic E-state index is -1.04. The summed E-state index contributed by atoms with van der Waals surface area (Å²) < 4.78 is 0. The second kappa shape index (κ2) is 8.70. The maximum Gasteiger partial charge on any atom is 0.339 e. The number of aromatic carboxylic acids is 1. The number of anilines is 1. The lowest BCUT2D eigenvalue weighted by molar-refractivity contribution is 0.0697. The third-order valence-electron chi connectivity index (χ3n) is 2.46. The van der Waals surface area contributed by atoms with Crippen LogP contribution in [-0.2, 0) is 0 Å². The zero-order valence-electron chi connectivity index (χ0n) is 12.7. The number of nitrogens with zero attached hydrogens (tertiary/aromatic N) is 2. The molecule has 0 aromatic carbocycles. The highest BCUT2D eigenvalue weighted by molar-refractivity contribution is 6.30. The van der Waals surface area contributed by atoms with Crippen molar-refractivity contribution in [2.75, 3.05) is 5.32 Å². The normalized spacial score (nSPS) is 9.74. The van der Waals surface area contributed by atoms with E-state index in [-0.39, 0.29) is 11.6 Å². The molecule has 0 unspecified atom stereocenters. The summed E-state index contributed by atoms with van der Waals surface area (Å²) >= 11 is 5.64. The molecule has 8 heteroatoms. The van der Waals surface area contributed by atoms with E-state index in [1.165, 1.54) is 18.5 Å². The molecule has 4 N–H and O–H groups in total. The van der Waals surface area contributed by atoms with Gasteiger partial charge in [0.05, 0.1) is 10.6 Å². The summed E-state index contributed by atoms with van der Waals surface area (Å²) in [4.78, 5) is 28.8. The number of carbonyl (C=O) groups is 2. The Morgan fingerprint density at radius 2 is 2.04 bits per heavy atom. The van der Waals surface area contributed by atoms with E-state index >= 15 is 0 Å². The lowest BCUT2D eigenvalue weighted by atomic mass is 10.2. The van der Waals surface area contributed by atoms with Gasteiger partial charge in [0.2, 0.25) is 5.91 Å². The number of nitrogens with two attached hydrogens (primary N) is 1. The number of carbonyl (C=O) groups excluding carboxylic acids is 1. The Balaban J connectivity index is 0.000000253. The first-order chi connectivity index (χ1) is 10.8. The van der Waals surface area contributed by atoms with Gasteiger partial charge >= 0.3 is 5.97 Å². The van der Waals surface area contributed by atoms with Gasteiger partial charge in [-0.15, -0.1) is 0 Å². The van der Waals surface area contributed by atoms with Gasteiger partial charge in [-0.05, 0) is 32.0 Å². The van der Waals surface area contributed by atoms with Crippen LogP contribution in [0.25, 0.3) is 0 Å². The second-order valence-corrected chi connectivity index (χ2v) is 5.20. The van der Waals surface area contributed by atoms with Crippen LogP contribution in [0.2, 0.25) is 5.02 Å². The topological polar surface area (TPSA) is 118 Å². The SMILES string of the molecule is CC(C)Nc1ncc(Cl)cc1C(=O)O.NC(=O)c1cccnc1. The van der Waals surface area contributed by atoms with E-state index in [0.717, 1.165) is 0 Å². The standard InChI is InChI=1S/C9H11ClN2O2.C6H6N2O/c1-5(2)12-8-7(9(13)14)3-6(10)4-11-8;7-6(9)5-2-1-3-8-4-5/h3-5H,1-2H3,(H,11,12)(H,13,14);1-4H,(H2,7,9). The van der Waals surface area contributed by atoms with Gasteiger partial charge in [-0.1, -0.05) is 11.6 Å². The number of primary amides is 1. The van der Waals surface area contributed by atoms with E-state index in [2.05, 4.69) is 15.3 Å². The largest absolute Gasteiger partial charge is 0.478 e. The molecule has 0 saturated carbocycles. The van der Waals surface area contributed by atoms with Gasteiger partial charge in [-0.2, -0.15) is 0 Å². The second-order valence-electron chi connectivity index (χ2n) is 4.76. The summed E-state index contributed by atoms with van der Waals surface area (Å²) in [6, 6.07) is 4.79. The van der Waals surface area contributed by atoms with Gasteiger partial charge < -0.3 is 16.2 Å². The maximum absolute atomic E-state index is 10.8. The van der Waals surface area contributed by atoms with Crippen LogP contribution in [0, 0.1) is 0 Å². The molecular weight excluding hydrogens is 320 g/mol. The molecule has 0 aliphatic rings. The Kier molecular flexibility index (Phi) is 6.95. The van der Waals surface area contributed by atoms with E-state index in [0.29, 0.717) is 16.4 Å². The van der Waals surface area contributed by atoms with Crippen molar-refractivity contribution in [3.63, 3.8) is 0 Å². The number of amides is 1. The maximum atomic E-state index is 10.8. The Bertz CT molecular complexity index is 678. The lowest BCUT2D eigenvalue weighted by Gasteiger charge is -2.11. The van der Waals surface area contributed by atoms with Gasteiger partial charge in [0.1, 0.15) is 11.4 Å². The smallest absolute Gasteiger partial charge is 0.339 e. The molecule has 0 fully saturated rings. The Hall–Kier alpha value is -2.67. The minimum Gasteiger partial charge on any atom is -0.478 e. The van der Waals surface area contributed by atoms with Crippen LogP contribution in [0.15, 0.2) is 36.8 Å². The molecule has 122 valence electrons. The fourth-order valence-corrected chi connectivity index (χ4v) is 1.66. The molecule has 0 atom stereocenters. The van der Waals surface area contributed by atoms with Crippen molar-refractivity contribution in [2.45, 2.75) is 19.9 Å². The molecule has 0 saturated heterocycles. The first-order valence-electron chi connectivity index (χ1n) is 6.66. The number of pyridine rings is 2. The van der Waals surface area contributed by atoms with E-state index in [9.17, 15) is 9.59 Å². The number of carboxylic acid groups (broad SMARTS) is 1. The number of hydrogen-bond donors (Lipinski definition) is 3. The van der Waals surface area contributed by atoms with Crippen molar-refractivity contribution in [3.05, 3.63) is 52.9 Å². The molecule has 7 nitrogen and oxygen atoms in total. The van der Waals surface area contributed by atoms with Crippen LogP contribution in [0.4, 0.5) is 5.82 Å². The Morgan fingerprint density at radius 3 is 2.48 bits per heavy atom. The molecule has 0 bridgehead atoms. The van der Waals surface area contributed by atoms with Gasteiger partial charge in [0, 0.05) is 24.6 Å². The molecular formula is C15H17ClN4O3. The van der Waals surface area contributed by atoms with E-state index in [1.54, 1.807) is 18.3 Å². The van der Waals surface area contributed by atoms with E-state index < -0.39 is 11.9 Å². The molecule has 2 rings (SSSR count). The van der Waals surface area contributed by atoms with Crippen LogP contribution >= 0.6 is 11.6 Å². The van der Waals surface area contributed by atoms with Crippen LogP contribution in [0.5, 0.6) is 0 Å². The van der Waals surface area contributed by atoms with E-state index in [1.807, 2.05) is 13.8 Å². The first-order valence-corrected chi connectivity index (χ1v) is 7.04. The summed E-state index contributed by atoms with van der Waals surface area (Å²) in [7, 11) is 0. The Morgan fingerprint density at radius 1 is 1.35 bits per heavy atom. The number of aromatic nitrogens is 2. The van der Waals surface area contributed by atoms with Crippen molar-refractivity contribution in [2.24, 2.45) is 5.73 Å². The fourth-order valence-electron chi connectivity index (χ4n) is 1.50. The van der Waals surface area contributed by atoms with Crippen LogP contribution in [-0.4, -0.2) is 33.0 Å². The molecule has 2 aromatic rings. The predicted molar refractivity (Wildman–Crippen MR) is 87.7 cm³/mol. The van der Waals surface area contributed by atoms with Gasteiger partial charge in [-0.25, -0.2) is 9.78 Å². The summed E-state index contributed by atoms with van der Waals surface area (Å²) in [5, 5.41) is 12.1. The number of nitrogens with one attached hydrogen (secondary N) is 1. The molecule has 0 radical (unpaired) electrons. The van der Waals surface area contributed by atoms with Crippen molar-refractivity contribution in [3.8, 4) is 0 Å². The highest BCUT2D eigenvalue weighted by Crippen LogP contribution is 2.18. The summed E-state index contributed by atoms with van der Waals surface area (Å²) in [6.45, 7) is 3.81. The highest BCUT2D eigenvalue weighted by Gasteiger charge is 2.12. The average Bonchev–Trinajstić information content (AvgIpc) is 2.50. The van der Waals surface area contributed by atoms with E-state index in [4.69, 9.17) is 22.4 Å². The molecule has 2 heterocycles. The van der Waals surface area contributed by atoms with Crippen molar-refractivity contribution in [1.82, 2.24) is 9.97 Å². The zero-order valence-corrected chi connectivity index (χ0v) is 13.4. The van der Waals surface area contributed by atoms with Gasteiger partial charge in [0.15, 0.2) is 0 Å². The quantitative estimate of drug-likeness (QED) is 0.789. The predicted octanol–water partition coefficient (Wildman–Crippen LogP) is 2.43. The number of rotatable bonds is 4. The molecule has 1 amide bonds. The van der Waals surface area contributed by atoms with Crippen LogP contribution in [0.1, 0.15) is 34.6 Å². The summed E-state index contributed by atoms with van der Waals surface area (Å²) in [5.41, 5.74) is 5.47. The highest BCUT2D eigenvalue weighted by atomic mass is 35.5.